The van der Waals surface area contributed by atoms with Gasteiger partial charge in [0.05, 0.1) is 12.8 Å². The maximum Gasteiger partial charge on any atom is 0.121 e. The molecule has 0 radical (unpaired) electrons. The molecule has 0 bridgehead atoms. The number of rotatable bonds is 4. The highest BCUT2D eigenvalue weighted by molar-refractivity contribution is 5.81. The summed E-state index contributed by atoms with van der Waals surface area (Å²) in [5.74, 6) is 0.824. The quantitative estimate of drug-likeness (QED) is 0.748. The van der Waals surface area contributed by atoms with Gasteiger partial charge in [-0.25, -0.2) is 0 Å². The molecule has 3 heteroatoms. The molecule has 1 aromatic carbocycles. The third kappa shape index (κ3) is 3.00. The summed E-state index contributed by atoms with van der Waals surface area (Å²) in [6.45, 7) is 4.31. The van der Waals surface area contributed by atoms with Crippen LogP contribution in [-0.2, 0) is 0 Å². The summed E-state index contributed by atoms with van der Waals surface area (Å²) in [6.07, 6.45) is 6.03. The van der Waals surface area contributed by atoms with Gasteiger partial charge in [-0.05, 0) is 32.0 Å². The average Bonchev–Trinajstić information content (AvgIpc) is 2.85. The fraction of sp³-hybridized carbons (Fsp3) is 0.267. The second-order valence-electron chi connectivity index (χ2n) is 4.45. The van der Waals surface area contributed by atoms with Gasteiger partial charge in [-0.3, -0.25) is 4.99 Å². The SMILES string of the molecule is COc1cccc(N=Cc2ccn(C(C)C)c2)c1. The highest BCUT2D eigenvalue weighted by atomic mass is 16.5. The van der Waals surface area contributed by atoms with Crippen molar-refractivity contribution < 1.29 is 4.74 Å². The van der Waals surface area contributed by atoms with E-state index in [9.17, 15) is 0 Å². The molecule has 0 spiro atoms. The number of hydrogen-bond acceptors (Lipinski definition) is 2. The summed E-state index contributed by atoms with van der Waals surface area (Å²) in [5, 5.41) is 0. The van der Waals surface area contributed by atoms with Crippen LogP contribution >= 0.6 is 0 Å². The molecule has 0 aliphatic heterocycles. The van der Waals surface area contributed by atoms with Gasteiger partial charge >= 0.3 is 0 Å². The minimum atomic E-state index is 0.476. The van der Waals surface area contributed by atoms with E-state index in [-0.39, 0.29) is 0 Å². The Bertz CT molecular complexity index is 541. The lowest BCUT2D eigenvalue weighted by Gasteiger charge is -2.04. The molecule has 0 unspecified atom stereocenters. The van der Waals surface area contributed by atoms with Gasteiger partial charge in [0.15, 0.2) is 0 Å². The van der Waals surface area contributed by atoms with Crippen molar-refractivity contribution in [3.63, 3.8) is 0 Å². The molecule has 2 aromatic rings. The number of aliphatic imine (C=N–C) groups is 1. The smallest absolute Gasteiger partial charge is 0.121 e. The van der Waals surface area contributed by atoms with E-state index in [0.29, 0.717) is 6.04 Å². The Labute approximate surface area is 108 Å². The van der Waals surface area contributed by atoms with E-state index in [1.807, 2.05) is 30.5 Å². The Morgan fingerprint density at radius 2 is 2.11 bits per heavy atom. The lowest BCUT2D eigenvalue weighted by molar-refractivity contribution is 0.415. The molecule has 0 saturated carbocycles. The third-order valence-corrected chi connectivity index (χ3v) is 2.75. The molecular formula is C15H18N2O. The molecule has 1 aromatic heterocycles. The van der Waals surface area contributed by atoms with Crippen LogP contribution in [0.5, 0.6) is 5.75 Å². The summed E-state index contributed by atoms with van der Waals surface area (Å²) < 4.78 is 7.32. The molecule has 0 amide bonds. The zero-order valence-electron chi connectivity index (χ0n) is 11.0. The zero-order chi connectivity index (χ0) is 13.0. The maximum absolute atomic E-state index is 5.16. The largest absolute Gasteiger partial charge is 0.497 e. The van der Waals surface area contributed by atoms with Gasteiger partial charge < -0.3 is 9.30 Å². The third-order valence-electron chi connectivity index (χ3n) is 2.75. The monoisotopic (exact) mass is 242 g/mol. The normalized spacial score (nSPS) is 11.3. The summed E-state index contributed by atoms with van der Waals surface area (Å²) in [4.78, 5) is 4.44. The summed E-state index contributed by atoms with van der Waals surface area (Å²) in [6, 6.07) is 10.3. The molecule has 0 aliphatic carbocycles. The number of methoxy groups -OCH3 is 1. The lowest BCUT2D eigenvalue weighted by atomic mass is 10.3. The second-order valence-corrected chi connectivity index (χ2v) is 4.45. The van der Waals surface area contributed by atoms with Crippen molar-refractivity contribution in [3.8, 4) is 5.75 Å². The highest BCUT2D eigenvalue weighted by Gasteiger charge is 1.98. The van der Waals surface area contributed by atoms with Gasteiger partial charge in [0.2, 0.25) is 0 Å². The first-order chi connectivity index (χ1) is 8.69. The van der Waals surface area contributed by atoms with E-state index < -0.39 is 0 Å². The average molecular weight is 242 g/mol. The number of aromatic nitrogens is 1. The van der Waals surface area contributed by atoms with Gasteiger partial charge in [0.25, 0.3) is 0 Å². The van der Waals surface area contributed by atoms with Crippen LogP contribution in [-0.4, -0.2) is 17.9 Å². The Balaban J connectivity index is 2.13. The second kappa shape index (κ2) is 5.54. The minimum Gasteiger partial charge on any atom is -0.497 e. The predicted molar refractivity (Wildman–Crippen MR) is 75.1 cm³/mol. The number of benzene rings is 1. The first-order valence-corrected chi connectivity index (χ1v) is 6.04. The fourth-order valence-corrected chi connectivity index (χ4v) is 1.67. The molecule has 0 saturated heterocycles. The highest BCUT2D eigenvalue weighted by Crippen LogP contribution is 2.19. The van der Waals surface area contributed by atoms with Crippen molar-refractivity contribution in [2.24, 2.45) is 4.99 Å². The van der Waals surface area contributed by atoms with Crippen LogP contribution in [0.4, 0.5) is 5.69 Å². The predicted octanol–water partition coefficient (Wildman–Crippen LogP) is 3.83. The van der Waals surface area contributed by atoms with Gasteiger partial charge in [-0.2, -0.15) is 0 Å². The molecule has 0 N–H and O–H groups in total. The van der Waals surface area contributed by atoms with Gasteiger partial charge in [0, 0.05) is 36.3 Å². The summed E-state index contributed by atoms with van der Waals surface area (Å²) >= 11 is 0. The number of hydrogen-bond donors (Lipinski definition) is 0. The zero-order valence-corrected chi connectivity index (χ0v) is 11.0. The first-order valence-electron chi connectivity index (χ1n) is 6.04. The Hall–Kier alpha value is -2.03. The fourth-order valence-electron chi connectivity index (χ4n) is 1.67. The molecule has 94 valence electrons. The van der Waals surface area contributed by atoms with E-state index in [1.54, 1.807) is 7.11 Å². The van der Waals surface area contributed by atoms with Crippen molar-refractivity contribution in [1.29, 1.82) is 0 Å². The van der Waals surface area contributed by atoms with E-state index in [2.05, 4.69) is 41.9 Å². The van der Waals surface area contributed by atoms with Crippen molar-refractivity contribution in [2.75, 3.05) is 7.11 Å². The molecule has 0 atom stereocenters. The van der Waals surface area contributed by atoms with Crippen LogP contribution in [0.2, 0.25) is 0 Å². The van der Waals surface area contributed by atoms with Gasteiger partial charge in [0.1, 0.15) is 5.75 Å². The van der Waals surface area contributed by atoms with E-state index in [1.165, 1.54) is 0 Å². The van der Waals surface area contributed by atoms with Crippen molar-refractivity contribution in [3.05, 3.63) is 48.3 Å². The van der Waals surface area contributed by atoms with E-state index in [0.717, 1.165) is 17.0 Å². The molecule has 1 heterocycles. The summed E-state index contributed by atoms with van der Waals surface area (Å²) in [7, 11) is 1.66. The number of ether oxygens (including phenoxy) is 1. The van der Waals surface area contributed by atoms with Crippen LogP contribution in [0.1, 0.15) is 25.5 Å². The van der Waals surface area contributed by atoms with Crippen LogP contribution in [0.3, 0.4) is 0 Å². The lowest BCUT2D eigenvalue weighted by Crippen LogP contribution is -1.95. The topological polar surface area (TPSA) is 26.5 Å². The molecule has 3 nitrogen and oxygen atoms in total. The van der Waals surface area contributed by atoms with Crippen LogP contribution in [0.25, 0.3) is 0 Å². The Kier molecular flexibility index (Phi) is 3.82. The van der Waals surface area contributed by atoms with E-state index >= 15 is 0 Å². The van der Waals surface area contributed by atoms with Crippen molar-refractivity contribution >= 4 is 11.9 Å². The standard InChI is InChI=1S/C15H18N2O/c1-12(2)17-8-7-13(11-17)10-16-14-5-4-6-15(9-14)18-3/h4-12H,1-3H3. The van der Waals surface area contributed by atoms with Gasteiger partial charge in [-0.1, -0.05) is 6.07 Å². The Morgan fingerprint density at radius 1 is 1.28 bits per heavy atom. The molecule has 0 aliphatic rings. The first kappa shape index (κ1) is 12.4. The maximum atomic E-state index is 5.16. The molecule has 0 fully saturated rings. The molecular weight excluding hydrogens is 224 g/mol. The van der Waals surface area contributed by atoms with Crippen molar-refractivity contribution in [1.82, 2.24) is 4.57 Å². The molecule has 18 heavy (non-hydrogen) atoms. The summed E-state index contributed by atoms with van der Waals surface area (Å²) in [5.41, 5.74) is 2.00. The van der Waals surface area contributed by atoms with Crippen LogP contribution in [0, 0.1) is 0 Å². The Morgan fingerprint density at radius 3 is 2.78 bits per heavy atom. The minimum absolute atomic E-state index is 0.476. The van der Waals surface area contributed by atoms with E-state index in [4.69, 9.17) is 4.74 Å². The van der Waals surface area contributed by atoms with Crippen LogP contribution in [0.15, 0.2) is 47.7 Å². The molecule has 2 rings (SSSR count). The van der Waals surface area contributed by atoms with Crippen molar-refractivity contribution in [2.45, 2.75) is 19.9 Å². The number of nitrogens with zero attached hydrogens (tertiary/aromatic N) is 2. The van der Waals surface area contributed by atoms with Gasteiger partial charge in [-0.15, -0.1) is 0 Å². The van der Waals surface area contributed by atoms with Crippen LogP contribution < -0.4 is 4.74 Å².